The van der Waals surface area contributed by atoms with Crippen LogP contribution >= 0.6 is 0 Å². The SMILES string of the molecule is O=S(=O)(NCC1(CO)CCCCC1)c1cccnc1. The quantitative estimate of drug-likeness (QED) is 0.854. The van der Waals surface area contributed by atoms with Crippen molar-refractivity contribution in [1.29, 1.82) is 0 Å². The number of hydrogen-bond acceptors (Lipinski definition) is 4. The standard InChI is InChI=1S/C13H20N2O3S/c16-11-13(6-2-1-3-7-13)10-15-19(17,18)12-5-4-8-14-9-12/h4-5,8-9,15-16H,1-3,6-7,10-11H2. The molecule has 6 heteroatoms. The van der Waals surface area contributed by atoms with Gasteiger partial charge in [0.1, 0.15) is 4.90 Å². The summed E-state index contributed by atoms with van der Waals surface area (Å²) in [4.78, 5) is 3.98. The summed E-state index contributed by atoms with van der Waals surface area (Å²) in [7, 11) is -3.53. The molecule has 1 aliphatic carbocycles. The molecule has 0 aliphatic heterocycles. The first-order chi connectivity index (χ1) is 9.08. The summed E-state index contributed by atoms with van der Waals surface area (Å²) in [6.45, 7) is 0.323. The van der Waals surface area contributed by atoms with Crippen LogP contribution in [-0.2, 0) is 10.0 Å². The minimum atomic E-state index is -3.53. The minimum absolute atomic E-state index is 0.0303. The smallest absolute Gasteiger partial charge is 0.242 e. The molecule has 0 saturated heterocycles. The molecule has 0 unspecified atom stereocenters. The van der Waals surface area contributed by atoms with Crippen LogP contribution in [0.3, 0.4) is 0 Å². The van der Waals surface area contributed by atoms with Gasteiger partial charge in [0.25, 0.3) is 0 Å². The summed E-state index contributed by atoms with van der Waals surface area (Å²) < 4.78 is 26.8. The van der Waals surface area contributed by atoms with E-state index >= 15 is 0 Å². The lowest BCUT2D eigenvalue weighted by Gasteiger charge is -2.35. The second kappa shape index (κ2) is 5.98. The predicted molar refractivity (Wildman–Crippen MR) is 72.0 cm³/mol. The number of sulfonamides is 1. The van der Waals surface area contributed by atoms with E-state index in [-0.39, 0.29) is 16.9 Å². The van der Waals surface area contributed by atoms with Gasteiger partial charge in [0.15, 0.2) is 0 Å². The second-order valence-electron chi connectivity index (χ2n) is 5.23. The van der Waals surface area contributed by atoms with Crippen LogP contribution in [0.2, 0.25) is 0 Å². The molecule has 0 atom stereocenters. The van der Waals surface area contributed by atoms with Gasteiger partial charge in [-0.25, -0.2) is 13.1 Å². The molecule has 1 aromatic heterocycles. The van der Waals surface area contributed by atoms with Crippen molar-refractivity contribution in [1.82, 2.24) is 9.71 Å². The molecule has 1 fully saturated rings. The third-order valence-electron chi connectivity index (χ3n) is 3.83. The monoisotopic (exact) mass is 284 g/mol. The highest BCUT2D eigenvalue weighted by Crippen LogP contribution is 2.35. The molecule has 1 aromatic rings. The number of hydrogen-bond donors (Lipinski definition) is 2. The van der Waals surface area contributed by atoms with Crippen LogP contribution in [0.4, 0.5) is 0 Å². The number of aliphatic hydroxyl groups is 1. The van der Waals surface area contributed by atoms with Gasteiger partial charge in [-0.05, 0) is 25.0 Å². The Labute approximate surface area is 114 Å². The fourth-order valence-electron chi connectivity index (χ4n) is 2.53. The lowest BCUT2D eigenvalue weighted by atomic mass is 9.75. The molecule has 0 amide bonds. The highest BCUT2D eigenvalue weighted by Gasteiger charge is 2.32. The maximum Gasteiger partial charge on any atom is 0.242 e. The van der Waals surface area contributed by atoms with Gasteiger partial charge in [-0.1, -0.05) is 19.3 Å². The molecule has 1 aliphatic rings. The number of pyridine rings is 1. The summed E-state index contributed by atoms with van der Waals surface area (Å²) in [5, 5.41) is 9.56. The molecule has 1 saturated carbocycles. The Balaban J connectivity index is 2.05. The van der Waals surface area contributed by atoms with Crippen molar-refractivity contribution in [3.8, 4) is 0 Å². The lowest BCUT2D eigenvalue weighted by molar-refractivity contribution is 0.0867. The molecule has 0 radical (unpaired) electrons. The Kier molecular flexibility index (Phi) is 4.54. The molecule has 0 spiro atoms. The van der Waals surface area contributed by atoms with Crippen molar-refractivity contribution >= 4 is 10.0 Å². The van der Waals surface area contributed by atoms with Gasteiger partial charge in [0, 0.05) is 31.0 Å². The summed E-state index contributed by atoms with van der Waals surface area (Å²) in [5.41, 5.74) is -0.298. The summed E-state index contributed by atoms with van der Waals surface area (Å²) in [5.74, 6) is 0. The van der Waals surface area contributed by atoms with Crippen molar-refractivity contribution in [2.24, 2.45) is 5.41 Å². The third-order valence-corrected chi connectivity index (χ3v) is 5.22. The summed E-state index contributed by atoms with van der Waals surface area (Å²) in [6.07, 6.45) is 7.88. The van der Waals surface area contributed by atoms with Gasteiger partial charge >= 0.3 is 0 Å². The van der Waals surface area contributed by atoms with E-state index in [1.807, 2.05) is 0 Å². The average Bonchev–Trinajstić information content (AvgIpc) is 2.47. The molecule has 2 rings (SSSR count). The molecule has 0 bridgehead atoms. The van der Waals surface area contributed by atoms with E-state index in [1.54, 1.807) is 6.07 Å². The fourth-order valence-corrected chi connectivity index (χ4v) is 3.65. The Morgan fingerprint density at radius 3 is 2.63 bits per heavy atom. The first-order valence-electron chi connectivity index (χ1n) is 6.59. The van der Waals surface area contributed by atoms with E-state index < -0.39 is 10.0 Å². The van der Waals surface area contributed by atoms with Crippen LogP contribution in [0.15, 0.2) is 29.4 Å². The van der Waals surface area contributed by atoms with E-state index in [0.717, 1.165) is 32.1 Å². The third kappa shape index (κ3) is 3.52. The number of aliphatic hydroxyl groups excluding tert-OH is 1. The first-order valence-corrected chi connectivity index (χ1v) is 8.07. The second-order valence-corrected chi connectivity index (χ2v) is 7.00. The molecule has 2 N–H and O–H groups in total. The summed E-state index contributed by atoms with van der Waals surface area (Å²) >= 11 is 0. The molecule has 5 nitrogen and oxygen atoms in total. The van der Waals surface area contributed by atoms with Crippen molar-refractivity contribution in [3.05, 3.63) is 24.5 Å². The minimum Gasteiger partial charge on any atom is -0.396 e. The Bertz CT molecular complexity index is 496. The Morgan fingerprint density at radius 2 is 2.05 bits per heavy atom. The zero-order valence-corrected chi connectivity index (χ0v) is 11.7. The number of nitrogens with zero attached hydrogens (tertiary/aromatic N) is 1. The highest BCUT2D eigenvalue weighted by atomic mass is 32.2. The summed E-state index contributed by atoms with van der Waals surface area (Å²) in [6, 6.07) is 3.11. The first kappa shape index (κ1) is 14.4. The Hall–Kier alpha value is -0.980. The zero-order chi connectivity index (χ0) is 13.8. The van der Waals surface area contributed by atoms with Crippen LogP contribution in [0, 0.1) is 5.41 Å². The van der Waals surface area contributed by atoms with Gasteiger partial charge in [0.05, 0.1) is 0 Å². The van der Waals surface area contributed by atoms with Crippen LogP contribution < -0.4 is 4.72 Å². The van der Waals surface area contributed by atoms with Crippen LogP contribution in [0.1, 0.15) is 32.1 Å². The number of rotatable bonds is 5. The van der Waals surface area contributed by atoms with Crippen molar-refractivity contribution in [3.63, 3.8) is 0 Å². The number of aromatic nitrogens is 1. The topological polar surface area (TPSA) is 79.3 Å². The van der Waals surface area contributed by atoms with Crippen LogP contribution in [0.25, 0.3) is 0 Å². The predicted octanol–water partition coefficient (Wildman–Crippen LogP) is 1.30. The molecular formula is C13H20N2O3S. The molecule has 19 heavy (non-hydrogen) atoms. The van der Waals surface area contributed by atoms with Gasteiger partial charge < -0.3 is 5.11 Å². The molecule has 1 heterocycles. The van der Waals surface area contributed by atoms with Crippen molar-refractivity contribution in [2.45, 2.75) is 37.0 Å². The van der Waals surface area contributed by atoms with E-state index in [9.17, 15) is 13.5 Å². The van der Waals surface area contributed by atoms with Gasteiger partial charge in [-0.15, -0.1) is 0 Å². The van der Waals surface area contributed by atoms with E-state index in [4.69, 9.17) is 0 Å². The van der Waals surface area contributed by atoms with Gasteiger partial charge in [-0.3, -0.25) is 4.98 Å². The largest absolute Gasteiger partial charge is 0.396 e. The van der Waals surface area contributed by atoms with Crippen LogP contribution in [-0.4, -0.2) is 31.7 Å². The lowest BCUT2D eigenvalue weighted by Crippen LogP contribution is -2.41. The van der Waals surface area contributed by atoms with E-state index in [2.05, 4.69) is 9.71 Å². The van der Waals surface area contributed by atoms with Gasteiger partial charge in [0.2, 0.25) is 10.0 Å². The zero-order valence-electron chi connectivity index (χ0n) is 10.9. The maximum absolute atomic E-state index is 12.1. The average molecular weight is 284 g/mol. The van der Waals surface area contributed by atoms with Gasteiger partial charge in [-0.2, -0.15) is 0 Å². The van der Waals surface area contributed by atoms with Crippen molar-refractivity contribution < 1.29 is 13.5 Å². The molecule has 106 valence electrons. The maximum atomic E-state index is 12.1. The Morgan fingerprint density at radius 1 is 1.32 bits per heavy atom. The fraction of sp³-hybridized carbons (Fsp3) is 0.615. The van der Waals surface area contributed by atoms with E-state index in [1.165, 1.54) is 18.5 Å². The van der Waals surface area contributed by atoms with E-state index in [0.29, 0.717) is 6.54 Å². The molecule has 0 aromatic carbocycles. The number of nitrogens with one attached hydrogen (secondary N) is 1. The normalized spacial score (nSPS) is 19.2. The molecular weight excluding hydrogens is 264 g/mol. The highest BCUT2D eigenvalue weighted by molar-refractivity contribution is 7.89. The van der Waals surface area contributed by atoms with Crippen molar-refractivity contribution in [2.75, 3.05) is 13.2 Å². The van der Waals surface area contributed by atoms with Crippen LogP contribution in [0.5, 0.6) is 0 Å².